The fraction of sp³-hybridized carbons (Fsp3) is 0.267. The molecular formula is C30H29NO4. The third-order valence-corrected chi connectivity index (χ3v) is 6.57. The Kier molecular flexibility index (Phi) is 6.66. The fourth-order valence-electron chi connectivity index (χ4n) is 4.73. The first-order valence-corrected chi connectivity index (χ1v) is 12.3. The predicted octanol–water partition coefficient (Wildman–Crippen LogP) is 6.15. The van der Waals surface area contributed by atoms with Crippen LogP contribution in [0.2, 0.25) is 0 Å². The maximum absolute atomic E-state index is 13.6. The van der Waals surface area contributed by atoms with Gasteiger partial charge in [-0.3, -0.25) is 9.59 Å². The zero-order chi connectivity index (χ0) is 24.2. The van der Waals surface area contributed by atoms with Crippen LogP contribution in [-0.4, -0.2) is 24.0 Å². The minimum absolute atomic E-state index is 0.145. The quantitative estimate of drug-likeness (QED) is 0.277. The van der Waals surface area contributed by atoms with Crippen LogP contribution in [0.4, 0.5) is 0 Å². The molecule has 0 bridgehead atoms. The summed E-state index contributed by atoms with van der Waals surface area (Å²) in [5.41, 5.74) is 2.70. The number of carbonyl (C=O) groups excluding carboxylic acids is 1. The van der Waals surface area contributed by atoms with Crippen LogP contribution in [0.15, 0.2) is 88.1 Å². The van der Waals surface area contributed by atoms with Crippen molar-refractivity contribution < 1.29 is 13.9 Å². The SMILES string of the molecule is CCCCCOc1ccc(C2c3c(oc4ccccc4c3=O)C(=O)N2CCc2ccccc2)cc1. The summed E-state index contributed by atoms with van der Waals surface area (Å²) in [6, 6.07) is 24.4. The zero-order valence-electron chi connectivity index (χ0n) is 19.9. The third-order valence-electron chi connectivity index (χ3n) is 6.57. The van der Waals surface area contributed by atoms with Gasteiger partial charge in [-0.2, -0.15) is 0 Å². The molecule has 5 rings (SSSR count). The Morgan fingerprint density at radius 3 is 2.40 bits per heavy atom. The molecule has 1 amide bonds. The van der Waals surface area contributed by atoms with Crippen molar-refractivity contribution in [2.45, 2.75) is 38.6 Å². The molecule has 0 aliphatic carbocycles. The largest absolute Gasteiger partial charge is 0.494 e. The number of ether oxygens (including phenoxy) is 1. The van der Waals surface area contributed by atoms with Crippen LogP contribution in [0.1, 0.15) is 59.5 Å². The second kappa shape index (κ2) is 10.2. The highest BCUT2D eigenvalue weighted by Crippen LogP contribution is 2.38. The molecule has 178 valence electrons. The van der Waals surface area contributed by atoms with Crippen LogP contribution in [0.5, 0.6) is 5.75 Å². The van der Waals surface area contributed by atoms with Gasteiger partial charge in [0.1, 0.15) is 11.3 Å². The Balaban J connectivity index is 1.51. The molecule has 3 aromatic carbocycles. The summed E-state index contributed by atoms with van der Waals surface area (Å²) in [6.45, 7) is 3.32. The summed E-state index contributed by atoms with van der Waals surface area (Å²) >= 11 is 0. The van der Waals surface area contributed by atoms with Crippen molar-refractivity contribution in [3.8, 4) is 5.75 Å². The van der Waals surface area contributed by atoms with Gasteiger partial charge in [0.15, 0.2) is 5.43 Å². The predicted molar refractivity (Wildman–Crippen MR) is 137 cm³/mol. The Bertz CT molecular complexity index is 1380. The third kappa shape index (κ3) is 4.59. The van der Waals surface area contributed by atoms with Crippen LogP contribution >= 0.6 is 0 Å². The smallest absolute Gasteiger partial charge is 0.290 e. The number of benzene rings is 3. The van der Waals surface area contributed by atoms with E-state index in [1.54, 1.807) is 23.1 Å². The lowest BCUT2D eigenvalue weighted by Gasteiger charge is -2.25. The van der Waals surface area contributed by atoms with Gasteiger partial charge in [0, 0.05) is 6.54 Å². The first-order valence-electron chi connectivity index (χ1n) is 12.3. The molecule has 5 heteroatoms. The van der Waals surface area contributed by atoms with E-state index in [9.17, 15) is 9.59 Å². The molecule has 1 aliphatic heterocycles. The second-order valence-electron chi connectivity index (χ2n) is 8.93. The number of fused-ring (bicyclic) bond motifs is 2. The number of rotatable bonds is 9. The lowest BCUT2D eigenvalue weighted by Crippen LogP contribution is -2.31. The van der Waals surface area contributed by atoms with E-state index < -0.39 is 6.04 Å². The molecule has 1 atom stereocenters. The molecule has 1 aromatic heterocycles. The lowest BCUT2D eigenvalue weighted by atomic mass is 9.98. The van der Waals surface area contributed by atoms with Gasteiger partial charge in [-0.25, -0.2) is 0 Å². The van der Waals surface area contributed by atoms with E-state index >= 15 is 0 Å². The molecule has 0 saturated carbocycles. The molecule has 0 N–H and O–H groups in total. The summed E-state index contributed by atoms with van der Waals surface area (Å²) in [5.74, 6) is 0.686. The summed E-state index contributed by atoms with van der Waals surface area (Å²) in [5, 5.41) is 0.491. The monoisotopic (exact) mass is 467 g/mol. The molecule has 0 saturated heterocycles. The average Bonchev–Trinajstić information content (AvgIpc) is 3.18. The molecule has 1 unspecified atom stereocenters. The summed E-state index contributed by atoms with van der Waals surface area (Å²) in [4.78, 5) is 28.9. The van der Waals surface area contributed by atoms with Gasteiger partial charge < -0.3 is 14.1 Å². The summed E-state index contributed by atoms with van der Waals surface area (Å²) in [6.07, 6.45) is 3.99. The minimum atomic E-state index is -0.504. The lowest BCUT2D eigenvalue weighted by molar-refractivity contribution is 0.0730. The Morgan fingerprint density at radius 1 is 0.886 bits per heavy atom. The Labute approximate surface area is 205 Å². The van der Waals surface area contributed by atoms with Crippen LogP contribution in [0.25, 0.3) is 11.0 Å². The van der Waals surface area contributed by atoms with Gasteiger partial charge in [-0.1, -0.05) is 74.4 Å². The summed E-state index contributed by atoms with van der Waals surface area (Å²) in [7, 11) is 0. The van der Waals surface area contributed by atoms with Gasteiger partial charge in [0.05, 0.1) is 23.6 Å². The fourth-order valence-corrected chi connectivity index (χ4v) is 4.73. The molecule has 2 heterocycles. The van der Waals surface area contributed by atoms with E-state index in [1.165, 1.54) is 0 Å². The number of hydrogen-bond acceptors (Lipinski definition) is 4. The highest BCUT2D eigenvalue weighted by Gasteiger charge is 2.42. The van der Waals surface area contributed by atoms with E-state index in [4.69, 9.17) is 9.15 Å². The van der Waals surface area contributed by atoms with Crippen molar-refractivity contribution in [2.24, 2.45) is 0 Å². The number of para-hydroxylation sites is 1. The number of amides is 1. The average molecular weight is 468 g/mol. The number of nitrogens with zero attached hydrogens (tertiary/aromatic N) is 1. The van der Waals surface area contributed by atoms with E-state index in [1.807, 2.05) is 60.7 Å². The van der Waals surface area contributed by atoms with Crippen molar-refractivity contribution in [1.82, 2.24) is 4.90 Å². The van der Waals surface area contributed by atoms with Gasteiger partial charge in [-0.15, -0.1) is 0 Å². The number of hydrogen-bond donors (Lipinski definition) is 0. The van der Waals surface area contributed by atoms with Crippen LogP contribution in [0, 0.1) is 0 Å². The van der Waals surface area contributed by atoms with E-state index in [-0.39, 0.29) is 17.1 Å². The molecule has 0 radical (unpaired) electrons. The first-order chi connectivity index (χ1) is 17.2. The highest BCUT2D eigenvalue weighted by molar-refractivity contribution is 5.99. The van der Waals surface area contributed by atoms with Crippen LogP contribution < -0.4 is 10.2 Å². The van der Waals surface area contributed by atoms with Crippen molar-refractivity contribution in [3.63, 3.8) is 0 Å². The first kappa shape index (κ1) is 22.9. The maximum atomic E-state index is 13.6. The van der Waals surface area contributed by atoms with Crippen molar-refractivity contribution in [1.29, 1.82) is 0 Å². The van der Waals surface area contributed by atoms with Crippen molar-refractivity contribution in [3.05, 3.63) is 112 Å². The van der Waals surface area contributed by atoms with Crippen molar-refractivity contribution >= 4 is 16.9 Å². The molecule has 5 nitrogen and oxygen atoms in total. The zero-order valence-corrected chi connectivity index (χ0v) is 19.9. The Hall–Kier alpha value is -3.86. The molecule has 0 fully saturated rings. The minimum Gasteiger partial charge on any atom is -0.494 e. The van der Waals surface area contributed by atoms with Gasteiger partial charge >= 0.3 is 0 Å². The summed E-state index contributed by atoms with van der Waals surface area (Å²) < 4.78 is 11.9. The van der Waals surface area contributed by atoms with Crippen LogP contribution in [-0.2, 0) is 6.42 Å². The maximum Gasteiger partial charge on any atom is 0.290 e. The molecule has 1 aliphatic rings. The Morgan fingerprint density at radius 2 is 1.63 bits per heavy atom. The highest BCUT2D eigenvalue weighted by atomic mass is 16.5. The molecule has 35 heavy (non-hydrogen) atoms. The van der Waals surface area contributed by atoms with E-state index in [0.717, 1.165) is 36.1 Å². The van der Waals surface area contributed by atoms with E-state index in [2.05, 4.69) is 6.92 Å². The van der Waals surface area contributed by atoms with Gasteiger partial charge in [0.25, 0.3) is 5.91 Å². The molecule has 0 spiro atoms. The molecular weight excluding hydrogens is 438 g/mol. The van der Waals surface area contributed by atoms with Gasteiger partial charge in [-0.05, 0) is 48.2 Å². The van der Waals surface area contributed by atoms with Gasteiger partial charge in [0.2, 0.25) is 5.76 Å². The van der Waals surface area contributed by atoms with Crippen molar-refractivity contribution in [2.75, 3.05) is 13.2 Å². The normalized spacial score (nSPS) is 14.9. The van der Waals surface area contributed by atoms with Crippen LogP contribution in [0.3, 0.4) is 0 Å². The second-order valence-corrected chi connectivity index (χ2v) is 8.93. The number of carbonyl (C=O) groups is 1. The van der Waals surface area contributed by atoms with E-state index in [0.29, 0.717) is 36.1 Å². The molecule has 4 aromatic rings. The standard InChI is InChI=1S/C30H29NO4/c1-2-3-9-20-34-23-16-14-22(15-17-23)27-26-28(32)24-12-7-8-13-25(24)35-29(26)30(33)31(27)19-18-21-10-5-4-6-11-21/h4-8,10-17,27H,2-3,9,18-20H2,1H3. The topological polar surface area (TPSA) is 59.8 Å². The number of unbranched alkanes of at least 4 members (excludes halogenated alkanes) is 2.